The first-order valence-corrected chi connectivity index (χ1v) is 15.3. The first-order chi connectivity index (χ1) is 21.3. The fourth-order valence-corrected chi connectivity index (χ4v) is 6.59. The van der Waals surface area contributed by atoms with Crippen molar-refractivity contribution in [1.82, 2.24) is 30.3 Å². The summed E-state index contributed by atoms with van der Waals surface area (Å²) in [5.41, 5.74) is 3.96. The Morgan fingerprint density at radius 1 is 1.05 bits per heavy atom. The minimum Gasteiger partial charge on any atom is -0.493 e. The predicted octanol–water partition coefficient (Wildman–Crippen LogP) is 1.44. The second-order valence-corrected chi connectivity index (χ2v) is 11.8. The number of rotatable bonds is 4. The normalized spacial score (nSPS) is 20.9. The highest BCUT2D eigenvalue weighted by Gasteiger charge is 2.41. The summed E-state index contributed by atoms with van der Waals surface area (Å²) in [5.74, 6) is -1.04. The van der Waals surface area contributed by atoms with E-state index in [1.807, 2.05) is 24.3 Å². The van der Waals surface area contributed by atoms with Crippen molar-refractivity contribution in [2.75, 3.05) is 59.5 Å². The Bertz CT molecular complexity index is 1610. The van der Waals surface area contributed by atoms with E-state index >= 15 is 0 Å². The number of carbonyl (C=O) groups is 5. The van der Waals surface area contributed by atoms with Crippen LogP contribution < -0.4 is 20.1 Å². The number of likely N-dealkylation sites (tertiary alicyclic amines) is 1. The molecule has 2 N–H and O–H groups in total. The average Bonchev–Trinajstić information content (AvgIpc) is 3.76. The molecule has 6 amide bonds. The summed E-state index contributed by atoms with van der Waals surface area (Å²) in [7, 11) is 1.53. The number of hydrogen-bond donors (Lipinski definition) is 2. The SMILES string of the molecule is COc1ccc2cc1OCCN(C(=O)CN1C(=O)CNC1=O)CCCNC(=O)[C@H]1CN(C(=O)c3ccc4ncsc4c3)C[C@H]21. The molecule has 3 aromatic rings. The molecule has 0 spiro atoms. The molecule has 14 heteroatoms. The summed E-state index contributed by atoms with van der Waals surface area (Å²) in [4.78, 5) is 72.7. The number of benzene rings is 2. The molecule has 2 atom stereocenters. The molecule has 4 heterocycles. The molecular weight excluding hydrogens is 588 g/mol. The van der Waals surface area contributed by atoms with Gasteiger partial charge >= 0.3 is 6.03 Å². The van der Waals surface area contributed by atoms with E-state index in [9.17, 15) is 24.0 Å². The lowest BCUT2D eigenvalue weighted by Gasteiger charge is -2.26. The second-order valence-electron chi connectivity index (χ2n) is 10.9. The molecule has 2 fully saturated rings. The topological polar surface area (TPSA) is 150 Å². The van der Waals surface area contributed by atoms with Crippen molar-refractivity contribution < 1.29 is 33.4 Å². The minimum atomic E-state index is -0.599. The van der Waals surface area contributed by atoms with Crippen molar-refractivity contribution in [3.8, 4) is 11.5 Å². The maximum atomic E-state index is 13.6. The monoisotopic (exact) mass is 620 g/mol. The Hall–Kier alpha value is -4.72. The van der Waals surface area contributed by atoms with Gasteiger partial charge in [0, 0.05) is 37.7 Å². The number of nitrogens with zero attached hydrogens (tertiary/aromatic N) is 4. The average molecular weight is 621 g/mol. The van der Waals surface area contributed by atoms with Gasteiger partial charge in [-0.25, -0.2) is 9.78 Å². The van der Waals surface area contributed by atoms with Gasteiger partial charge in [-0.3, -0.25) is 24.1 Å². The standard InChI is InChI=1S/C30H32N6O7S/c1-42-23-6-4-18-11-24(23)43-10-9-34(27(38)16-36-26(37)13-32-30(36)41)8-2-7-31-28(39)21-15-35(14-20(18)21)29(40)19-3-5-22-25(12-19)44-17-33-22/h3-6,11-12,17,20-21H,2,7-10,13-16H2,1H3,(H,31,39)(H,32,41)/t20-,21+/m1/s1. The second kappa shape index (κ2) is 12.5. The van der Waals surface area contributed by atoms with E-state index < -0.39 is 23.8 Å². The molecule has 2 bridgehead atoms. The highest BCUT2D eigenvalue weighted by Crippen LogP contribution is 2.38. The molecule has 3 aliphatic rings. The van der Waals surface area contributed by atoms with E-state index in [0.717, 1.165) is 20.7 Å². The molecule has 0 unspecified atom stereocenters. The third-order valence-electron chi connectivity index (χ3n) is 8.24. The van der Waals surface area contributed by atoms with Gasteiger partial charge in [0.1, 0.15) is 13.2 Å². The maximum absolute atomic E-state index is 13.6. The lowest BCUT2D eigenvalue weighted by atomic mass is 9.88. The number of urea groups is 1. The van der Waals surface area contributed by atoms with Crippen molar-refractivity contribution in [2.24, 2.45) is 5.92 Å². The van der Waals surface area contributed by atoms with Crippen LogP contribution in [0.3, 0.4) is 0 Å². The Kier molecular flexibility index (Phi) is 8.33. The number of fused-ring (bicyclic) bond motifs is 5. The van der Waals surface area contributed by atoms with Gasteiger partial charge in [-0.05, 0) is 42.3 Å². The van der Waals surface area contributed by atoms with Gasteiger partial charge in [-0.15, -0.1) is 11.3 Å². The zero-order chi connectivity index (χ0) is 30.8. The Morgan fingerprint density at radius 3 is 2.68 bits per heavy atom. The highest BCUT2D eigenvalue weighted by molar-refractivity contribution is 7.16. The summed E-state index contributed by atoms with van der Waals surface area (Å²) < 4.78 is 12.5. The fraction of sp³-hybridized carbons (Fsp3) is 0.400. The third-order valence-corrected chi connectivity index (χ3v) is 9.04. The van der Waals surface area contributed by atoms with Gasteiger partial charge in [0.15, 0.2) is 11.5 Å². The van der Waals surface area contributed by atoms with E-state index in [-0.39, 0.29) is 57.1 Å². The number of nitrogens with one attached hydrogen (secondary N) is 2. The number of hydrogen-bond acceptors (Lipinski definition) is 9. The zero-order valence-corrected chi connectivity index (χ0v) is 24.9. The number of ether oxygens (including phenoxy) is 2. The zero-order valence-electron chi connectivity index (χ0n) is 24.1. The van der Waals surface area contributed by atoms with Crippen LogP contribution in [-0.4, -0.2) is 109 Å². The molecule has 2 aromatic carbocycles. The van der Waals surface area contributed by atoms with Crippen molar-refractivity contribution in [3.05, 3.63) is 53.0 Å². The number of imide groups is 1. The summed E-state index contributed by atoms with van der Waals surface area (Å²) in [6.07, 6.45) is 0.446. The Labute approximate surface area is 257 Å². The summed E-state index contributed by atoms with van der Waals surface area (Å²) in [6, 6.07) is 10.3. The number of aromatic nitrogens is 1. The van der Waals surface area contributed by atoms with Gasteiger partial charge in [-0.1, -0.05) is 6.07 Å². The first kappa shape index (κ1) is 29.4. The van der Waals surface area contributed by atoms with Gasteiger partial charge in [-0.2, -0.15) is 0 Å². The molecular formula is C30H32N6O7S. The number of carbonyl (C=O) groups excluding carboxylic acids is 5. The molecule has 1 aromatic heterocycles. The maximum Gasteiger partial charge on any atom is 0.325 e. The summed E-state index contributed by atoms with van der Waals surface area (Å²) in [5, 5.41) is 5.41. The largest absolute Gasteiger partial charge is 0.493 e. The molecule has 3 aliphatic heterocycles. The smallest absolute Gasteiger partial charge is 0.325 e. The van der Waals surface area contributed by atoms with Crippen LogP contribution in [0.1, 0.15) is 28.3 Å². The van der Waals surface area contributed by atoms with Crippen LogP contribution in [0.2, 0.25) is 0 Å². The number of amides is 6. The molecule has 0 radical (unpaired) electrons. The number of thiazole rings is 1. The summed E-state index contributed by atoms with van der Waals surface area (Å²) in [6.45, 7) is 1.01. The molecule has 0 aliphatic carbocycles. The molecule has 230 valence electrons. The Morgan fingerprint density at radius 2 is 1.89 bits per heavy atom. The van der Waals surface area contributed by atoms with Crippen molar-refractivity contribution >= 4 is 51.2 Å². The third kappa shape index (κ3) is 5.89. The van der Waals surface area contributed by atoms with E-state index in [1.165, 1.54) is 23.3 Å². The molecule has 0 saturated carbocycles. The van der Waals surface area contributed by atoms with Gasteiger partial charge in [0.2, 0.25) is 11.8 Å². The van der Waals surface area contributed by atoms with Crippen LogP contribution in [0.25, 0.3) is 10.2 Å². The highest BCUT2D eigenvalue weighted by atomic mass is 32.1. The van der Waals surface area contributed by atoms with Crippen molar-refractivity contribution in [1.29, 1.82) is 0 Å². The van der Waals surface area contributed by atoms with Crippen LogP contribution in [0.15, 0.2) is 41.9 Å². The van der Waals surface area contributed by atoms with Crippen LogP contribution in [0, 0.1) is 5.92 Å². The first-order valence-electron chi connectivity index (χ1n) is 14.4. The van der Waals surface area contributed by atoms with Gasteiger partial charge < -0.3 is 29.9 Å². The van der Waals surface area contributed by atoms with Gasteiger partial charge in [0.25, 0.3) is 11.8 Å². The quantitative estimate of drug-likeness (QED) is 0.416. The van der Waals surface area contributed by atoms with E-state index in [4.69, 9.17) is 9.47 Å². The fourth-order valence-electron chi connectivity index (χ4n) is 5.87. The number of methoxy groups -OCH3 is 1. The molecule has 13 nitrogen and oxygen atoms in total. The van der Waals surface area contributed by atoms with Crippen LogP contribution in [0.4, 0.5) is 4.79 Å². The predicted molar refractivity (Wildman–Crippen MR) is 160 cm³/mol. The van der Waals surface area contributed by atoms with Crippen molar-refractivity contribution in [2.45, 2.75) is 12.3 Å². The van der Waals surface area contributed by atoms with E-state index in [1.54, 1.807) is 22.5 Å². The van der Waals surface area contributed by atoms with Crippen LogP contribution in [0.5, 0.6) is 11.5 Å². The molecule has 44 heavy (non-hydrogen) atoms. The van der Waals surface area contributed by atoms with Crippen molar-refractivity contribution in [3.63, 3.8) is 0 Å². The molecule has 2 saturated heterocycles. The Balaban J connectivity index is 1.22. The lowest BCUT2D eigenvalue weighted by molar-refractivity contribution is -0.136. The van der Waals surface area contributed by atoms with Gasteiger partial charge in [0.05, 0.1) is 41.8 Å². The van der Waals surface area contributed by atoms with E-state index in [0.29, 0.717) is 36.6 Å². The summed E-state index contributed by atoms with van der Waals surface area (Å²) >= 11 is 1.47. The van der Waals surface area contributed by atoms with E-state index in [2.05, 4.69) is 15.6 Å². The van der Waals surface area contributed by atoms with Crippen LogP contribution >= 0.6 is 11.3 Å². The molecule has 6 rings (SSSR count). The lowest BCUT2D eigenvalue weighted by Crippen LogP contribution is -2.45. The minimum absolute atomic E-state index is 0.135. The van der Waals surface area contributed by atoms with Crippen LogP contribution in [-0.2, 0) is 14.4 Å².